The number of likely N-dealkylation sites (tertiary alicyclic amines) is 1. The number of aromatic nitrogens is 2. The van der Waals surface area contributed by atoms with E-state index in [4.69, 9.17) is 10.3 Å². The lowest BCUT2D eigenvalue weighted by atomic mass is 9.96. The maximum Gasteiger partial charge on any atom is 0.253 e. The summed E-state index contributed by atoms with van der Waals surface area (Å²) >= 11 is 0. The standard InChI is InChI=1S/C16H20N4O2/c1-11-18-15(22-19-11)13-6-8-20(9-7-13)16(21)14-4-2-12(10-17)3-5-14/h2-5,13H,6-10,17H2,1H3. The maximum atomic E-state index is 12.5. The molecule has 0 bridgehead atoms. The third-order valence-electron chi connectivity index (χ3n) is 4.11. The molecule has 1 aromatic heterocycles. The summed E-state index contributed by atoms with van der Waals surface area (Å²) in [5, 5.41) is 3.83. The van der Waals surface area contributed by atoms with Crippen LogP contribution in [0.5, 0.6) is 0 Å². The van der Waals surface area contributed by atoms with E-state index in [0.29, 0.717) is 36.9 Å². The summed E-state index contributed by atoms with van der Waals surface area (Å²) < 4.78 is 5.23. The number of amides is 1. The minimum absolute atomic E-state index is 0.0729. The Kier molecular flexibility index (Phi) is 4.20. The number of rotatable bonds is 3. The normalized spacial score (nSPS) is 16.0. The number of piperidine rings is 1. The van der Waals surface area contributed by atoms with Gasteiger partial charge in [0, 0.05) is 31.1 Å². The number of hydrogen-bond donors (Lipinski definition) is 1. The van der Waals surface area contributed by atoms with Gasteiger partial charge in [0.2, 0.25) is 5.89 Å². The van der Waals surface area contributed by atoms with Crippen LogP contribution >= 0.6 is 0 Å². The quantitative estimate of drug-likeness (QED) is 0.935. The summed E-state index contributed by atoms with van der Waals surface area (Å²) in [6.45, 7) is 3.73. The largest absolute Gasteiger partial charge is 0.339 e. The minimum Gasteiger partial charge on any atom is -0.339 e. The summed E-state index contributed by atoms with van der Waals surface area (Å²) in [6, 6.07) is 7.50. The van der Waals surface area contributed by atoms with Crippen LogP contribution in [0.4, 0.5) is 0 Å². The van der Waals surface area contributed by atoms with Crippen LogP contribution in [-0.4, -0.2) is 34.0 Å². The summed E-state index contributed by atoms with van der Waals surface area (Å²) in [4.78, 5) is 18.7. The van der Waals surface area contributed by atoms with Crippen molar-refractivity contribution in [2.75, 3.05) is 13.1 Å². The van der Waals surface area contributed by atoms with Gasteiger partial charge < -0.3 is 15.2 Å². The van der Waals surface area contributed by atoms with Gasteiger partial charge in [0.05, 0.1) is 0 Å². The predicted molar refractivity (Wildman–Crippen MR) is 81.2 cm³/mol. The molecule has 2 N–H and O–H groups in total. The zero-order valence-electron chi connectivity index (χ0n) is 12.7. The van der Waals surface area contributed by atoms with Crippen LogP contribution in [0.1, 0.15) is 46.4 Å². The van der Waals surface area contributed by atoms with Gasteiger partial charge >= 0.3 is 0 Å². The average molecular weight is 300 g/mol. The summed E-state index contributed by atoms with van der Waals surface area (Å²) in [7, 11) is 0. The van der Waals surface area contributed by atoms with Crippen molar-refractivity contribution in [3.63, 3.8) is 0 Å². The van der Waals surface area contributed by atoms with E-state index in [9.17, 15) is 4.79 Å². The first kappa shape index (κ1) is 14.7. The monoisotopic (exact) mass is 300 g/mol. The molecule has 0 radical (unpaired) electrons. The molecule has 1 aliphatic rings. The molecule has 1 aromatic carbocycles. The van der Waals surface area contributed by atoms with Crippen LogP contribution in [0.3, 0.4) is 0 Å². The van der Waals surface area contributed by atoms with Crippen LogP contribution < -0.4 is 5.73 Å². The van der Waals surface area contributed by atoms with Crippen LogP contribution in [0.15, 0.2) is 28.8 Å². The highest BCUT2D eigenvalue weighted by molar-refractivity contribution is 5.94. The lowest BCUT2D eigenvalue weighted by Gasteiger charge is -2.30. The molecule has 1 fully saturated rings. The fourth-order valence-electron chi connectivity index (χ4n) is 2.77. The third kappa shape index (κ3) is 3.01. The van der Waals surface area contributed by atoms with Crippen molar-refractivity contribution in [1.29, 1.82) is 0 Å². The molecule has 2 aromatic rings. The number of carbonyl (C=O) groups excluding carboxylic acids is 1. The van der Waals surface area contributed by atoms with Gasteiger partial charge in [-0.1, -0.05) is 17.3 Å². The fourth-order valence-corrected chi connectivity index (χ4v) is 2.77. The van der Waals surface area contributed by atoms with E-state index < -0.39 is 0 Å². The van der Waals surface area contributed by atoms with Gasteiger partial charge in [0.25, 0.3) is 5.91 Å². The first-order valence-corrected chi connectivity index (χ1v) is 7.56. The molecule has 1 saturated heterocycles. The second-order valence-corrected chi connectivity index (χ2v) is 5.65. The first-order valence-electron chi connectivity index (χ1n) is 7.56. The van der Waals surface area contributed by atoms with E-state index in [1.165, 1.54) is 0 Å². The number of nitrogens with two attached hydrogens (primary N) is 1. The number of carbonyl (C=O) groups is 1. The highest BCUT2D eigenvalue weighted by atomic mass is 16.5. The zero-order chi connectivity index (χ0) is 15.5. The van der Waals surface area contributed by atoms with Crippen molar-refractivity contribution >= 4 is 5.91 Å². The lowest BCUT2D eigenvalue weighted by molar-refractivity contribution is 0.0704. The fraction of sp³-hybridized carbons (Fsp3) is 0.438. The molecule has 116 valence electrons. The Bertz CT molecular complexity index is 642. The van der Waals surface area contributed by atoms with Crippen molar-refractivity contribution in [3.8, 4) is 0 Å². The third-order valence-corrected chi connectivity index (χ3v) is 4.11. The Morgan fingerprint density at radius 3 is 2.55 bits per heavy atom. The summed E-state index contributed by atoms with van der Waals surface area (Å²) in [5.74, 6) is 1.68. The van der Waals surface area contributed by atoms with Gasteiger partial charge in [-0.25, -0.2) is 0 Å². The Balaban J connectivity index is 1.61. The van der Waals surface area contributed by atoms with Crippen molar-refractivity contribution < 1.29 is 9.32 Å². The van der Waals surface area contributed by atoms with Crippen LogP contribution in [0.2, 0.25) is 0 Å². The molecule has 1 amide bonds. The van der Waals surface area contributed by atoms with Crippen LogP contribution in [-0.2, 0) is 6.54 Å². The van der Waals surface area contributed by atoms with Gasteiger partial charge in [-0.05, 0) is 37.5 Å². The van der Waals surface area contributed by atoms with Gasteiger partial charge in [0.15, 0.2) is 5.82 Å². The molecule has 22 heavy (non-hydrogen) atoms. The highest BCUT2D eigenvalue weighted by Crippen LogP contribution is 2.27. The molecule has 1 aliphatic heterocycles. The summed E-state index contributed by atoms with van der Waals surface area (Å²) in [5.41, 5.74) is 7.32. The second kappa shape index (κ2) is 6.27. The molecule has 6 nitrogen and oxygen atoms in total. The van der Waals surface area contributed by atoms with Gasteiger partial charge in [0.1, 0.15) is 0 Å². The maximum absolute atomic E-state index is 12.5. The van der Waals surface area contributed by atoms with E-state index in [0.717, 1.165) is 18.4 Å². The van der Waals surface area contributed by atoms with E-state index in [1.54, 1.807) is 0 Å². The smallest absolute Gasteiger partial charge is 0.253 e. The van der Waals surface area contributed by atoms with Crippen LogP contribution in [0, 0.1) is 6.92 Å². The highest BCUT2D eigenvalue weighted by Gasteiger charge is 2.27. The van der Waals surface area contributed by atoms with E-state index >= 15 is 0 Å². The Hall–Kier alpha value is -2.21. The number of nitrogens with zero attached hydrogens (tertiary/aromatic N) is 3. The molecule has 0 spiro atoms. The number of benzene rings is 1. The molecule has 6 heteroatoms. The molecule has 3 rings (SSSR count). The molecule has 0 unspecified atom stereocenters. The predicted octanol–water partition coefficient (Wildman–Crippen LogP) is 1.86. The Morgan fingerprint density at radius 1 is 1.32 bits per heavy atom. The van der Waals surface area contributed by atoms with E-state index in [1.807, 2.05) is 36.1 Å². The van der Waals surface area contributed by atoms with Crippen LogP contribution in [0.25, 0.3) is 0 Å². The second-order valence-electron chi connectivity index (χ2n) is 5.65. The van der Waals surface area contributed by atoms with Gasteiger partial charge in [-0.3, -0.25) is 4.79 Å². The molecule has 0 atom stereocenters. The Labute approximate surface area is 129 Å². The Morgan fingerprint density at radius 2 is 2.00 bits per heavy atom. The van der Waals surface area contributed by atoms with Gasteiger partial charge in [-0.2, -0.15) is 4.98 Å². The van der Waals surface area contributed by atoms with E-state index in [-0.39, 0.29) is 11.8 Å². The molecular formula is C16H20N4O2. The zero-order valence-corrected chi connectivity index (χ0v) is 12.7. The van der Waals surface area contributed by atoms with Gasteiger partial charge in [-0.15, -0.1) is 0 Å². The summed E-state index contributed by atoms with van der Waals surface area (Å²) in [6.07, 6.45) is 1.71. The first-order chi connectivity index (χ1) is 10.7. The molecule has 0 aliphatic carbocycles. The average Bonchev–Trinajstić information content (AvgIpc) is 3.01. The number of hydrogen-bond acceptors (Lipinski definition) is 5. The van der Waals surface area contributed by atoms with Crippen molar-refractivity contribution in [2.24, 2.45) is 5.73 Å². The molecule has 0 saturated carbocycles. The van der Waals surface area contributed by atoms with Crippen molar-refractivity contribution in [2.45, 2.75) is 32.2 Å². The topological polar surface area (TPSA) is 85.2 Å². The van der Waals surface area contributed by atoms with Crippen molar-refractivity contribution in [3.05, 3.63) is 47.1 Å². The van der Waals surface area contributed by atoms with Crippen molar-refractivity contribution in [1.82, 2.24) is 15.0 Å². The molecule has 2 heterocycles. The van der Waals surface area contributed by atoms with E-state index in [2.05, 4.69) is 10.1 Å². The number of aryl methyl sites for hydroxylation is 1. The lowest BCUT2D eigenvalue weighted by Crippen LogP contribution is -2.38. The molecular weight excluding hydrogens is 280 g/mol. The SMILES string of the molecule is Cc1noc(C2CCN(C(=O)c3ccc(CN)cc3)CC2)n1. The minimum atomic E-state index is 0.0729.